The number of sulfonamides is 1. The number of hydrogen-bond acceptors (Lipinski definition) is 4. The zero-order chi connectivity index (χ0) is 30.5. The lowest BCUT2D eigenvalue weighted by Crippen LogP contribution is -2.52. The molecule has 0 spiro atoms. The zero-order valence-corrected chi connectivity index (χ0v) is 26.6. The van der Waals surface area contributed by atoms with E-state index in [0.29, 0.717) is 27.7 Å². The lowest BCUT2D eigenvalue weighted by molar-refractivity contribution is -0.139. The van der Waals surface area contributed by atoms with Crippen LogP contribution in [0, 0.1) is 20.8 Å². The van der Waals surface area contributed by atoms with Gasteiger partial charge in [-0.15, -0.1) is 0 Å². The number of hydrogen-bond donors (Lipinski definition) is 1. The van der Waals surface area contributed by atoms with Crippen LogP contribution in [0.2, 0.25) is 10.0 Å². The Morgan fingerprint density at radius 3 is 2.05 bits per heavy atom. The molecule has 7 nitrogen and oxygen atoms in total. The highest BCUT2D eigenvalue weighted by atomic mass is 35.5. The van der Waals surface area contributed by atoms with E-state index in [4.69, 9.17) is 23.2 Å². The van der Waals surface area contributed by atoms with Gasteiger partial charge in [-0.1, -0.05) is 60.0 Å². The van der Waals surface area contributed by atoms with E-state index < -0.39 is 28.5 Å². The largest absolute Gasteiger partial charge is 0.352 e. The van der Waals surface area contributed by atoms with Crippen molar-refractivity contribution in [2.24, 2.45) is 0 Å². The topological polar surface area (TPSA) is 86.8 Å². The average Bonchev–Trinajstić information content (AvgIpc) is 2.90. The highest BCUT2D eigenvalue weighted by Gasteiger charge is 2.33. The Bertz CT molecular complexity index is 1490. The molecule has 220 valence electrons. The van der Waals surface area contributed by atoms with Crippen molar-refractivity contribution in [3.05, 3.63) is 93.0 Å². The third kappa shape index (κ3) is 8.24. The second-order valence-corrected chi connectivity index (χ2v) is 13.1. The van der Waals surface area contributed by atoms with Gasteiger partial charge >= 0.3 is 0 Å². The molecule has 0 saturated heterocycles. The molecule has 0 unspecified atom stereocenters. The first-order chi connectivity index (χ1) is 19.2. The fraction of sp³-hybridized carbons (Fsp3) is 0.355. The summed E-state index contributed by atoms with van der Waals surface area (Å²) in [4.78, 5) is 28.7. The number of anilines is 1. The molecule has 0 radical (unpaired) electrons. The number of halogens is 2. The van der Waals surface area contributed by atoms with E-state index in [1.54, 1.807) is 49.4 Å². The van der Waals surface area contributed by atoms with E-state index in [-0.39, 0.29) is 23.4 Å². The number of amides is 2. The van der Waals surface area contributed by atoms with Crippen LogP contribution in [0.4, 0.5) is 5.69 Å². The molecule has 3 aromatic rings. The van der Waals surface area contributed by atoms with Crippen LogP contribution in [0.3, 0.4) is 0 Å². The van der Waals surface area contributed by atoms with Crippen molar-refractivity contribution in [2.45, 2.75) is 71.5 Å². The number of rotatable bonds is 11. The van der Waals surface area contributed by atoms with Gasteiger partial charge in [0.2, 0.25) is 11.8 Å². The van der Waals surface area contributed by atoms with Crippen LogP contribution in [0.25, 0.3) is 0 Å². The number of aryl methyl sites for hydroxylation is 3. The summed E-state index contributed by atoms with van der Waals surface area (Å²) in [5.74, 6) is -0.908. The lowest BCUT2D eigenvalue weighted by Gasteiger charge is -2.33. The molecule has 1 N–H and O–H groups in total. The van der Waals surface area contributed by atoms with Crippen LogP contribution in [-0.4, -0.2) is 43.8 Å². The van der Waals surface area contributed by atoms with Crippen molar-refractivity contribution in [2.75, 3.05) is 10.8 Å². The summed E-state index contributed by atoms with van der Waals surface area (Å²) >= 11 is 12.5. The number of nitrogens with one attached hydrogen (secondary N) is 1. The van der Waals surface area contributed by atoms with Crippen molar-refractivity contribution in [1.29, 1.82) is 0 Å². The van der Waals surface area contributed by atoms with Crippen LogP contribution < -0.4 is 9.62 Å². The Morgan fingerprint density at radius 2 is 1.49 bits per heavy atom. The van der Waals surface area contributed by atoms with E-state index >= 15 is 0 Å². The minimum absolute atomic E-state index is 0.0187. The van der Waals surface area contributed by atoms with Gasteiger partial charge in [-0.05, 0) is 94.1 Å². The molecule has 0 bridgehead atoms. The van der Waals surface area contributed by atoms with Crippen molar-refractivity contribution in [3.63, 3.8) is 0 Å². The van der Waals surface area contributed by atoms with Crippen LogP contribution in [0.5, 0.6) is 0 Å². The molecule has 0 saturated carbocycles. The SMILES string of the molecule is CC[C@H](C)NC(=O)[C@H](C)N(Cc1ccc(Cl)cc1Cl)C(=O)CN(c1cc(C)cc(C)c1)S(=O)(=O)c1ccc(C)cc1. The van der Waals surface area contributed by atoms with Gasteiger partial charge in [0.25, 0.3) is 10.0 Å². The monoisotopic (exact) mass is 617 g/mol. The Kier molecular flexibility index (Phi) is 10.9. The summed E-state index contributed by atoms with van der Waals surface area (Å²) in [6.07, 6.45) is 0.713. The summed E-state index contributed by atoms with van der Waals surface area (Å²) in [5, 5.41) is 3.69. The van der Waals surface area contributed by atoms with Crippen molar-refractivity contribution < 1.29 is 18.0 Å². The fourth-order valence-corrected chi connectivity index (χ4v) is 6.21. The molecule has 0 aliphatic heterocycles. The summed E-state index contributed by atoms with van der Waals surface area (Å²) in [7, 11) is -4.15. The molecule has 2 atom stereocenters. The predicted octanol–water partition coefficient (Wildman–Crippen LogP) is 6.45. The smallest absolute Gasteiger partial charge is 0.264 e. The molecule has 0 aromatic heterocycles. The zero-order valence-electron chi connectivity index (χ0n) is 24.2. The highest BCUT2D eigenvalue weighted by molar-refractivity contribution is 7.92. The second-order valence-electron chi connectivity index (χ2n) is 10.4. The molecule has 10 heteroatoms. The molecule has 0 fully saturated rings. The quantitative estimate of drug-likeness (QED) is 0.268. The van der Waals surface area contributed by atoms with Gasteiger partial charge in [0.15, 0.2) is 0 Å². The molecule has 0 aliphatic rings. The van der Waals surface area contributed by atoms with Crippen LogP contribution in [0.15, 0.2) is 65.6 Å². The first kappa shape index (κ1) is 32.4. The normalized spacial score (nSPS) is 12.9. The van der Waals surface area contributed by atoms with Crippen LogP contribution in [0.1, 0.15) is 49.4 Å². The fourth-order valence-electron chi connectivity index (χ4n) is 4.34. The summed E-state index contributed by atoms with van der Waals surface area (Å²) in [6.45, 7) is 10.5. The maximum atomic E-state index is 14.1. The van der Waals surface area contributed by atoms with Gasteiger partial charge in [0.05, 0.1) is 10.6 Å². The van der Waals surface area contributed by atoms with Gasteiger partial charge in [-0.25, -0.2) is 8.42 Å². The Morgan fingerprint density at radius 1 is 0.878 bits per heavy atom. The third-order valence-corrected chi connectivity index (χ3v) is 9.28. The third-order valence-electron chi connectivity index (χ3n) is 6.91. The molecular weight excluding hydrogens is 581 g/mol. The molecule has 0 aliphatic carbocycles. The van der Waals surface area contributed by atoms with E-state index in [2.05, 4.69) is 5.32 Å². The van der Waals surface area contributed by atoms with E-state index in [9.17, 15) is 18.0 Å². The first-order valence-corrected chi connectivity index (χ1v) is 15.6. The molecule has 41 heavy (non-hydrogen) atoms. The Hall–Kier alpha value is -3.07. The Balaban J connectivity index is 2.08. The lowest BCUT2D eigenvalue weighted by atomic mass is 10.1. The van der Waals surface area contributed by atoms with Gasteiger partial charge in [-0.2, -0.15) is 0 Å². The van der Waals surface area contributed by atoms with Crippen molar-refractivity contribution in [1.82, 2.24) is 10.2 Å². The molecular formula is C31H37Cl2N3O4S. The summed E-state index contributed by atoms with van der Waals surface area (Å²) < 4.78 is 29.1. The van der Waals surface area contributed by atoms with E-state index in [1.165, 1.54) is 17.0 Å². The maximum Gasteiger partial charge on any atom is 0.264 e. The number of nitrogens with zero attached hydrogens (tertiary/aromatic N) is 2. The average molecular weight is 619 g/mol. The second kappa shape index (κ2) is 13.7. The minimum atomic E-state index is -4.15. The highest BCUT2D eigenvalue weighted by Crippen LogP contribution is 2.28. The summed E-state index contributed by atoms with van der Waals surface area (Å²) in [5.41, 5.74) is 3.54. The van der Waals surface area contributed by atoms with Gasteiger partial charge in [-0.3, -0.25) is 13.9 Å². The van der Waals surface area contributed by atoms with Crippen LogP contribution >= 0.6 is 23.2 Å². The standard InChI is InChI=1S/C31H37Cl2N3O4S/c1-7-23(5)34-31(38)24(6)35(18-25-10-11-26(32)17-29(25)33)30(37)19-36(27-15-21(3)14-22(4)16-27)41(39,40)28-12-8-20(2)9-13-28/h8-17,23-24H,7,18-19H2,1-6H3,(H,34,38)/t23-,24-/m0/s1. The van der Waals surface area contributed by atoms with Gasteiger partial charge in [0, 0.05) is 22.6 Å². The van der Waals surface area contributed by atoms with E-state index in [1.807, 2.05) is 40.7 Å². The number of carbonyl (C=O) groups is 2. The van der Waals surface area contributed by atoms with E-state index in [0.717, 1.165) is 21.0 Å². The molecule has 3 aromatic carbocycles. The Labute approximate surface area is 253 Å². The van der Waals surface area contributed by atoms with Crippen molar-refractivity contribution >= 4 is 50.7 Å². The van der Waals surface area contributed by atoms with Crippen molar-refractivity contribution in [3.8, 4) is 0 Å². The van der Waals surface area contributed by atoms with Crippen LogP contribution in [-0.2, 0) is 26.2 Å². The van der Waals surface area contributed by atoms with Gasteiger partial charge in [0.1, 0.15) is 12.6 Å². The number of carbonyl (C=O) groups excluding carboxylic acids is 2. The summed E-state index contributed by atoms with van der Waals surface area (Å²) in [6, 6.07) is 15.8. The van der Waals surface area contributed by atoms with Gasteiger partial charge < -0.3 is 10.2 Å². The first-order valence-electron chi connectivity index (χ1n) is 13.4. The molecule has 0 heterocycles. The maximum absolute atomic E-state index is 14.1. The predicted molar refractivity (Wildman–Crippen MR) is 166 cm³/mol. The molecule has 2 amide bonds. The minimum Gasteiger partial charge on any atom is -0.352 e. The molecule has 3 rings (SSSR count). The number of benzene rings is 3.